The molecule has 0 heterocycles. The van der Waals surface area contributed by atoms with Gasteiger partial charge in [-0.1, -0.05) is 19.1 Å². The Kier molecular flexibility index (Phi) is 4.47. The van der Waals surface area contributed by atoms with Crippen LogP contribution in [0.5, 0.6) is 11.5 Å². The summed E-state index contributed by atoms with van der Waals surface area (Å²) in [6, 6.07) is 2.77. The van der Waals surface area contributed by atoms with Crippen LogP contribution in [0, 0.1) is 17.3 Å². The van der Waals surface area contributed by atoms with Gasteiger partial charge in [-0.2, -0.15) is 0 Å². The number of allylic oxidation sites excluding steroid dienone is 1. The molecule has 1 aromatic rings. The summed E-state index contributed by atoms with van der Waals surface area (Å²) in [5.41, 5.74) is 1.05. The fourth-order valence-electron chi connectivity index (χ4n) is 1.19. The summed E-state index contributed by atoms with van der Waals surface area (Å²) in [5.74, 6) is 4.68. The molecular weight excluding hydrogens is 228 g/mol. The number of hydrogen-bond acceptors (Lipinski definition) is 4. The molecule has 0 aliphatic heterocycles. The van der Waals surface area contributed by atoms with Gasteiger partial charge in [0.05, 0.1) is 5.56 Å². The summed E-state index contributed by atoms with van der Waals surface area (Å²) < 4.78 is 0. The number of hydrogen-bond donors (Lipinski definition) is 3. The lowest BCUT2D eigenvalue weighted by atomic mass is 10.1. The third kappa shape index (κ3) is 3.09. The summed E-state index contributed by atoms with van der Waals surface area (Å²) in [7, 11) is 0. The van der Waals surface area contributed by atoms with Crippen molar-refractivity contribution in [1.29, 1.82) is 5.41 Å². The maximum atomic E-state index is 9.62. The number of rotatable bonds is 3. The van der Waals surface area contributed by atoms with Crippen LogP contribution in [0.4, 0.5) is 0 Å². The van der Waals surface area contributed by atoms with Crippen molar-refractivity contribution in [3.05, 3.63) is 48.7 Å². The highest BCUT2D eigenvalue weighted by Crippen LogP contribution is 2.29. The molecule has 0 radical (unpaired) electrons. The number of phenolic OH excluding ortho intramolecular Hbond substituents is 2. The Morgan fingerprint density at radius 3 is 2.61 bits per heavy atom. The highest BCUT2D eigenvalue weighted by atomic mass is 16.3. The van der Waals surface area contributed by atoms with Gasteiger partial charge in [-0.3, -0.25) is 0 Å². The Balaban J connectivity index is 3.26. The van der Waals surface area contributed by atoms with Crippen LogP contribution in [0.2, 0.25) is 0 Å². The molecule has 0 amide bonds. The summed E-state index contributed by atoms with van der Waals surface area (Å²) in [5, 5.41) is 26.2. The molecule has 4 heteroatoms. The molecule has 1 rings (SSSR count). The van der Waals surface area contributed by atoms with Crippen LogP contribution in [-0.2, 0) is 0 Å². The van der Waals surface area contributed by atoms with Crippen molar-refractivity contribution in [2.75, 3.05) is 0 Å². The van der Waals surface area contributed by atoms with E-state index in [1.165, 1.54) is 24.4 Å². The first-order chi connectivity index (χ1) is 8.62. The Hall–Kier alpha value is -2.80. The predicted octanol–water partition coefficient (Wildman–Crippen LogP) is 2.22. The van der Waals surface area contributed by atoms with Gasteiger partial charge in [0, 0.05) is 12.4 Å². The van der Waals surface area contributed by atoms with Crippen LogP contribution in [0.15, 0.2) is 42.6 Å². The van der Waals surface area contributed by atoms with Crippen LogP contribution in [0.25, 0.3) is 0 Å². The minimum absolute atomic E-state index is 0.215. The smallest absolute Gasteiger partial charge is 0.173 e. The van der Waals surface area contributed by atoms with E-state index < -0.39 is 0 Å². The van der Waals surface area contributed by atoms with Crippen LogP contribution >= 0.6 is 0 Å². The van der Waals surface area contributed by atoms with Gasteiger partial charge >= 0.3 is 0 Å². The second kappa shape index (κ2) is 6.06. The quantitative estimate of drug-likeness (QED) is 0.430. The second-order valence-electron chi connectivity index (χ2n) is 3.23. The van der Waals surface area contributed by atoms with Gasteiger partial charge in [0.25, 0.3) is 0 Å². The molecule has 0 aliphatic carbocycles. The zero-order chi connectivity index (χ0) is 13.5. The molecule has 90 valence electrons. The lowest BCUT2D eigenvalue weighted by Gasteiger charge is -2.01. The van der Waals surface area contributed by atoms with Gasteiger partial charge in [-0.05, 0) is 29.7 Å². The Bertz CT molecular complexity index is 590. The number of nitrogens with zero attached hydrogens (tertiary/aromatic N) is 1. The normalized spacial score (nSPS) is 10.1. The molecule has 0 atom stereocenters. The SMILES string of the molecule is C=CN=C(C#Cc1cc(C=N)cc(O)c1O)C=C. The van der Waals surface area contributed by atoms with E-state index in [1.807, 2.05) is 0 Å². The fraction of sp³-hybridized carbons (Fsp3) is 0. The molecule has 0 spiro atoms. The third-order valence-corrected chi connectivity index (χ3v) is 2.03. The van der Waals surface area contributed by atoms with Crippen molar-refractivity contribution in [2.24, 2.45) is 4.99 Å². The zero-order valence-corrected chi connectivity index (χ0v) is 9.64. The van der Waals surface area contributed by atoms with Crippen molar-refractivity contribution in [3.8, 4) is 23.3 Å². The topological polar surface area (TPSA) is 76.7 Å². The Morgan fingerprint density at radius 2 is 2.06 bits per heavy atom. The van der Waals surface area contributed by atoms with Crippen LogP contribution in [0.3, 0.4) is 0 Å². The standard InChI is InChI=1S/C14H12N2O2/c1-3-12(16-4-2)6-5-11-7-10(9-15)8-13(17)14(11)18/h3-4,7-9,15,17-18H,1-2H2. The molecule has 0 aliphatic rings. The largest absolute Gasteiger partial charge is 0.504 e. The van der Waals surface area contributed by atoms with Crippen LogP contribution in [-0.4, -0.2) is 22.1 Å². The summed E-state index contributed by atoms with van der Waals surface area (Å²) in [6.45, 7) is 6.98. The van der Waals surface area contributed by atoms with Gasteiger partial charge in [0.1, 0.15) is 5.71 Å². The maximum Gasteiger partial charge on any atom is 0.173 e. The molecule has 0 saturated carbocycles. The number of aliphatic imine (C=N–C) groups is 1. The number of nitrogens with one attached hydrogen (secondary N) is 1. The Morgan fingerprint density at radius 1 is 1.33 bits per heavy atom. The first-order valence-electron chi connectivity index (χ1n) is 5.02. The molecular formula is C14H12N2O2. The van der Waals surface area contributed by atoms with E-state index in [-0.39, 0.29) is 17.1 Å². The van der Waals surface area contributed by atoms with E-state index in [9.17, 15) is 10.2 Å². The van der Waals surface area contributed by atoms with Crippen molar-refractivity contribution in [2.45, 2.75) is 0 Å². The first kappa shape index (κ1) is 13.3. The van der Waals surface area contributed by atoms with Crippen LogP contribution in [0.1, 0.15) is 11.1 Å². The lowest BCUT2D eigenvalue weighted by molar-refractivity contribution is 0.402. The fourth-order valence-corrected chi connectivity index (χ4v) is 1.19. The van der Waals surface area contributed by atoms with E-state index >= 15 is 0 Å². The molecule has 0 saturated heterocycles. The molecule has 0 fully saturated rings. The molecule has 1 aromatic carbocycles. The van der Waals surface area contributed by atoms with E-state index in [1.54, 1.807) is 0 Å². The molecule has 3 N–H and O–H groups in total. The maximum absolute atomic E-state index is 9.62. The average molecular weight is 240 g/mol. The van der Waals surface area contributed by atoms with Gasteiger partial charge in [0.2, 0.25) is 0 Å². The van der Waals surface area contributed by atoms with Crippen molar-refractivity contribution >= 4 is 11.9 Å². The van der Waals surface area contributed by atoms with Crippen molar-refractivity contribution in [3.63, 3.8) is 0 Å². The average Bonchev–Trinajstić information content (AvgIpc) is 2.38. The zero-order valence-electron chi connectivity index (χ0n) is 9.64. The predicted molar refractivity (Wildman–Crippen MR) is 72.4 cm³/mol. The van der Waals surface area contributed by atoms with E-state index in [0.717, 1.165) is 6.21 Å². The Labute approximate surface area is 105 Å². The molecule has 4 nitrogen and oxygen atoms in total. The number of aromatic hydroxyl groups is 2. The summed E-state index contributed by atoms with van der Waals surface area (Å²) in [6.07, 6.45) is 3.83. The number of phenols is 2. The van der Waals surface area contributed by atoms with Crippen LogP contribution < -0.4 is 0 Å². The molecule has 18 heavy (non-hydrogen) atoms. The summed E-state index contributed by atoms with van der Waals surface area (Å²) in [4.78, 5) is 3.85. The minimum atomic E-state index is -0.324. The molecule has 0 unspecified atom stereocenters. The highest BCUT2D eigenvalue weighted by Gasteiger charge is 2.06. The van der Waals surface area contributed by atoms with E-state index in [0.29, 0.717) is 11.3 Å². The minimum Gasteiger partial charge on any atom is -0.504 e. The van der Waals surface area contributed by atoms with Crippen molar-refractivity contribution < 1.29 is 10.2 Å². The second-order valence-corrected chi connectivity index (χ2v) is 3.23. The lowest BCUT2D eigenvalue weighted by Crippen LogP contribution is -1.88. The number of benzene rings is 1. The first-order valence-corrected chi connectivity index (χ1v) is 5.02. The van der Waals surface area contributed by atoms with Gasteiger partial charge in [-0.25, -0.2) is 4.99 Å². The monoisotopic (exact) mass is 240 g/mol. The molecule has 0 bridgehead atoms. The third-order valence-electron chi connectivity index (χ3n) is 2.03. The van der Waals surface area contributed by atoms with Crippen molar-refractivity contribution in [1.82, 2.24) is 0 Å². The van der Waals surface area contributed by atoms with E-state index in [4.69, 9.17) is 5.41 Å². The highest BCUT2D eigenvalue weighted by molar-refractivity contribution is 6.09. The molecule has 0 aromatic heterocycles. The summed E-state index contributed by atoms with van der Waals surface area (Å²) >= 11 is 0. The van der Waals surface area contributed by atoms with E-state index in [2.05, 4.69) is 30.0 Å². The van der Waals surface area contributed by atoms with Gasteiger partial charge in [-0.15, -0.1) is 0 Å². The van der Waals surface area contributed by atoms with Gasteiger partial charge < -0.3 is 15.6 Å². The van der Waals surface area contributed by atoms with Gasteiger partial charge in [0.15, 0.2) is 11.5 Å².